The lowest BCUT2D eigenvalue weighted by molar-refractivity contribution is 0.0684. The third-order valence-electron chi connectivity index (χ3n) is 5.88. The van der Waals surface area contributed by atoms with Crippen LogP contribution in [0.25, 0.3) is 10.9 Å². The number of nitrogens with one attached hydrogen (secondary N) is 1. The molecule has 0 unspecified atom stereocenters. The lowest BCUT2D eigenvalue weighted by atomic mass is 10.1. The lowest BCUT2D eigenvalue weighted by Gasteiger charge is -2.11. The van der Waals surface area contributed by atoms with Crippen molar-refractivity contribution < 1.29 is 28.5 Å². The van der Waals surface area contributed by atoms with E-state index in [2.05, 4.69) is 5.32 Å². The van der Waals surface area contributed by atoms with Gasteiger partial charge >= 0.3 is 5.97 Å². The van der Waals surface area contributed by atoms with Gasteiger partial charge in [0.2, 0.25) is 6.79 Å². The summed E-state index contributed by atoms with van der Waals surface area (Å²) in [4.78, 5) is 12.4. The monoisotopic (exact) mass is 462 g/mol. The standard InChI is InChI=1S/C26H23FN2O5/c1-32-19-6-7-20-21(13-28-12-16-5-8-23-24(10-16)34-15-33-23)25(26(30)31)29(22(20)11-19)14-17-3-2-4-18(27)9-17/h2-11,28H,12-15H2,1H3,(H,30,31). The van der Waals surface area contributed by atoms with Crippen LogP contribution in [0.4, 0.5) is 4.39 Å². The SMILES string of the molecule is COc1ccc2c(CNCc3ccc4c(c3)OCO4)c(C(=O)O)n(Cc3cccc(F)c3)c2c1. The van der Waals surface area contributed by atoms with Crippen molar-refractivity contribution in [2.75, 3.05) is 13.9 Å². The Morgan fingerprint density at radius 1 is 1.06 bits per heavy atom. The largest absolute Gasteiger partial charge is 0.497 e. The summed E-state index contributed by atoms with van der Waals surface area (Å²) in [6, 6.07) is 17.4. The number of fused-ring (bicyclic) bond motifs is 2. The summed E-state index contributed by atoms with van der Waals surface area (Å²) in [6.07, 6.45) is 0. The number of hydrogen-bond donors (Lipinski definition) is 2. The molecule has 8 heteroatoms. The molecule has 0 amide bonds. The highest BCUT2D eigenvalue weighted by Crippen LogP contribution is 2.33. The van der Waals surface area contributed by atoms with E-state index in [0.29, 0.717) is 47.0 Å². The van der Waals surface area contributed by atoms with Crippen LogP contribution in [-0.2, 0) is 19.6 Å². The zero-order valence-electron chi connectivity index (χ0n) is 18.5. The topological polar surface area (TPSA) is 81.9 Å². The molecule has 0 radical (unpaired) electrons. The summed E-state index contributed by atoms with van der Waals surface area (Å²) in [7, 11) is 1.56. The van der Waals surface area contributed by atoms with E-state index >= 15 is 0 Å². The molecule has 4 aromatic rings. The normalized spacial score (nSPS) is 12.3. The molecule has 2 N–H and O–H groups in total. The molecule has 0 aliphatic carbocycles. The van der Waals surface area contributed by atoms with Crippen LogP contribution in [0.2, 0.25) is 0 Å². The maximum Gasteiger partial charge on any atom is 0.352 e. The second kappa shape index (κ2) is 9.07. The highest BCUT2D eigenvalue weighted by atomic mass is 19.1. The molecule has 0 bridgehead atoms. The van der Waals surface area contributed by atoms with E-state index in [1.165, 1.54) is 12.1 Å². The van der Waals surface area contributed by atoms with Crippen molar-refractivity contribution in [3.8, 4) is 17.2 Å². The van der Waals surface area contributed by atoms with Gasteiger partial charge in [0.15, 0.2) is 11.5 Å². The van der Waals surface area contributed by atoms with Gasteiger partial charge in [-0.25, -0.2) is 9.18 Å². The quantitative estimate of drug-likeness (QED) is 0.400. The predicted octanol–water partition coefficient (Wildman–Crippen LogP) is 4.55. The Labute approximate surface area is 195 Å². The van der Waals surface area contributed by atoms with Gasteiger partial charge in [-0.2, -0.15) is 0 Å². The van der Waals surface area contributed by atoms with E-state index in [4.69, 9.17) is 14.2 Å². The first-order chi connectivity index (χ1) is 16.5. The average molecular weight is 462 g/mol. The summed E-state index contributed by atoms with van der Waals surface area (Å²) >= 11 is 0. The first-order valence-corrected chi connectivity index (χ1v) is 10.8. The fourth-order valence-corrected chi connectivity index (χ4v) is 4.32. The minimum absolute atomic E-state index is 0.158. The molecule has 0 spiro atoms. The molecule has 1 aliphatic heterocycles. The molecule has 0 fully saturated rings. The van der Waals surface area contributed by atoms with Crippen molar-refractivity contribution in [3.05, 3.63) is 88.9 Å². The van der Waals surface area contributed by atoms with E-state index in [-0.39, 0.29) is 24.8 Å². The van der Waals surface area contributed by atoms with Crippen LogP contribution in [0.5, 0.6) is 17.2 Å². The Hall–Kier alpha value is -4.04. The van der Waals surface area contributed by atoms with Crippen LogP contribution in [-0.4, -0.2) is 29.5 Å². The maximum absolute atomic E-state index is 13.8. The van der Waals surface area contributed by atoms with Gasteiger partial charge in [0.25, 0.3) is 0 Å². The van der Waals surface area contributed by atoms with E-state index in [1.807, 2.05) is 36.4 Å². The molecule has 34 heavy (non-hydrogen) atoms. The van der Waals surface area contributed by atoms with Crippen molar-refractivity contribution in [2.24, 2.45) is 0 Å². The summed E-state index contributed by atoms with van der Waals surface area (Å²) in [5, 5.41) is 14.3. The third kappa shape index (κ3) is 4.15. The fourth-order valence-electron chi connectivity index (χ4n) is 4.32. The van der Waals surface area contributed by atoms with Gasteiger partial charge in [0.1, 0.15) is 17.3 Å². The van der Waals surface area contributed by atoms with E-state index in [1.54, 1.807) is 23.8 Å². The number of nitrogens with zero attached hydrogens (tertiary/aromatic N) is 1. The molecule has 0 atom stereocenters. The van der Waals surface area contributed by atoms with Gasteiger partial charge in [0, 0.05) is 36.7 Å². The molecule has 174 valence electrons. The van der Waals surface area contributed by atoms with E-state index in [0.717, 1.165) is 10.9 Å². The molecular weight excluding hydrogens is 439 g/mol. The van der Waals surface area contributed by atoms with Gasteiger partial charge in [0.05, 0.1) is 12.6 Å². The summed E-state index contributed by atoms with van der Waals surface area (Å²) in [5.41, 5.74) is 3.18. The number of ether oxygens (including phenoxy) is 3. The molecule has 0 saturated carbocycles. The average Bonchev–Trinajstić information content (AvgIpc) is 3.41. The van der Waals surface area contributed by atoms with Crippen LogP contribution in [0.3, 0.4) is 0 Å². The number of rotatable bonds is 8. The molecule has 7 nitrogen and oxygen atoms in total. The molecule has 3 aromatic carbocycles. The van der Waals surface area contributed by atoms with Gasteiger partial charge in [-0.05, 0) is 47.5 Å². The van der Waals surface area contributed by atoms with Crippen LogP contribution < -0.4 is 19.5 Å². The fraction of sp³-hybridized carbons (Fsp3) is 0.192. The number of carbonyl (C=O) groups is 1. The molecule has 5 rings (SSSR count). The second-order valence-electron chi connectivity index (χ2n) is 8.02. The number of aromatic carboxylic acids is 1. The Kier molecular flexibility index (Phi) is 5.81. The van der Waals surface area contributed by atoms with Gasteiger partial charge < -0.3 is 29.2 Å². The third-order valence-corrected chi connectivity index (χ3v) is 5.88. The van der Waals surface area contributed by atoms with Gasteiger partial charge in [-0.1, -0.05) is 18.2 Å². The van der Waals surface area contributed by atoms with Crippen LogP contribution >= 0.6 is 0 Å². The number of methoxy groups -OCH3 is 1. The first-order valence-electron chi connectivity index (χ1n) is 10.8. The zero-order valence-corrected chi connectivity index (χ0v) is 18.5. The van der Waals surface area contributed by atoms with E-state index in [9.17, 15) is 14.3 Å². The van der Waals surface area contributed by atoms with Crippen LogP contribution in [0, 0.1) is 5.82 Å². The Morgan fingerprint density at radius 3 is 2.71 bits per heavy atom. The van der Waals surface area contributed by atoms with Crippen molar-refractivity contribution >= 4 is 16.9 Å². The number of carboxylic acids is 1. The Morgan fingerprint density at radius 2 is 1.91 bits per heavy atom. The zero-order chi connectivity index (χ0) is 23.7. The second-order valence-corrected chi connectivity index (χ2v) is 8.02. The molecule has 0 saturated heterocycles. The Bertz CT molecular complexity index is 1380. The number of aromatic nitrogens is 1. The smallest absolute Gasteiger partial charge is 0.352 e. The summed E-state index contributed by atoms with van der Waals surface area (Å²) in [5.74, 6) is 0.610. The maximum atomic E-state index is 13.8. The minimum Gasteiger partial charge on any atom is -0.497 e. The van der Waals surface area contributed by atoms with Crippen molar-refractivity contribution in [3.63, 3.8) is 0 Å². The van der Waals surface area contributed by atoms with Gasteiger partial charge in [-0.3, -0.25) is 0 Å². The van der Waals surface area contributed by atoms with Gasteiger partial charge in [-0.15, -0.1) is 0 Å². The predicted molar refractivity (Wildman–Crippen MR) is 124 cm³/mol. The number of carboxylic acid groups (broad SMARTS) is 1. The highest BCUT2D eigenvalue weighted by molar-refractivity contribution is 5.98. The lowest BCUT2D eigenvalue weighted by Crippen LogP contribution is -2.17. The Balaban J connectivity index is 1.49. The first kappa shape index (κ1) is 21.8. The van der Waals surface area contributed by atoms with Crippen molar-refractivity contribution in [2.45, 2.75) is 19.6 Å². The number of benzene rings is 3. The van der Waals surface area contributed by atoms with Crippen LogP contribution in [0.15, 0.2) is 60.7 Å². The molecular formula is C26H23FN2O5. The van der Waals surface area contributed by atoms with Crippen molar-refractivity contribution in [1.82, 2.24) is 9.88 Å². The van der Waals surface area contributed by atoms with Crippen LogP contribution in [0.1, 0.15) is 27.2 Å². The molecule has 1 aliphatic rings. The number of hydrogen-bond acceptors (Lipinski definition) is 5. The summed E-state index contributed by atoms with van der Waals surface area (Å²) < 4.78 is 31.7. The summed E-state index contributed by atoms with van der Waals surface area (Å²) in [6.45, 7) is 1.27. The number of halogens is 1. The van der Waals surface area contributed by atoms with E-state index < -0.39 is 5.97 Å². The minimum atomic E-state index is -1.05. The molecule has 1 aromatic heterocycles. The highest BCUT2D eigenvalue weighted by Gasteiger charge is 2.23. The molecule has 2 heterocycles. The van der Waals surface area contributed by atoms with Crippen molar-refractivity contribution in [1.29, 1.82) is 0 Å².